The topological polar surface area (TPSA) is 137 Å². The maximum absolute atomic E-state index is 14.6. The van der Waals surface area contributed by atoms with E-state index < -0.39 is 73.6 Å². The summed E-state index contributed by atoms with van der Waals surface area (Å²) in [6.07, 6.45) is 6.44. The Morgan fingerprint density at radius 2 is 1.16 bits per heavy atom. The predicted octanol–water partition coefficient (Wildman–Crippen LogP) is 9.13. The number of rotatable bonds is 10. The minimum absolute atomic E-state index is 0.0229. The van der Waals surface area contributed by atoms with Crippen molar-refractivity contribution in [2.24, 2.45) is 23.7 Å². The van der Waals surface area contributed by atoms with E-state index in [4.69, 9.17) is 18.9 Å². The second kappa shape index (κ2) is 14.6. The van der Waals surface area contributed by atoms with Crippen LogP contribution in [0.25, 0.3) is 11.1 Å². The van der Waals surface area contributed by atoms with Crippen molar-refractivity contribution in [3.63, 3.8) is 0 Å². The molecule has 4 saturated carbocycles. The van der Waals surface area contributed by atoms with Crippen molar-refractivity contribution < 1.29 is 63.8 Å². The van der Waals surface area contributed by atoms with Crippen molar-refractivity contribution in [3.05, 3.63) is 130 Å². The first-order valence-corrected chi connectivity index (χ1v) is 21.8. The third-order valence-corrected chi connectivity index (χ3v) is 14.5. The molecule has 0 N–H and O–H groups in total. The summed E-state index contributed by atoms with van der Waals surface area (Å²) in [6, 6.07) is 26.1. The Morgan fingerprint density at radius 3 is 1.65 bits per heavy atom. The maximum atomic E-state index is 14.6. The van der Waals surface area contributed by atoms with E-state index in [-0.39, 0.29) is 12.4 Å². The van der Waals surface area contributed by atoms with Gasteiger partial charge in [0.05, 0.1) is 5.41 Å². The summed E-state index contributed by atoms with van der Waals surface area (Å²) in [4.78, 5) is 23.9. The molecule has 6 aliphatic rings. The normalized spacial score (nSPS) is 23.1. The van der Waals surface area contributed by atoms with Gasteiger partial charge in [0.1, 0.15) is 43.6 Å². The molecule has 5 aromatic rings. The Labute approximate surface area is 353 Å². The van der Waals surface area contributed by atoms with Crippen LogP contribution in [0.15, 0.2) is 89.8 Å². The third-order valence-electron chi connectivity index (χ3n) is 13.6. The Morgan fingerprint density at radius 1 is 0.677 bits per heavy atom. The van der Waals surface area contributed by atoms with Gasteiger partial charge in [0.2, 0.25) is 17.4 Å². The van der Waals surface area contributed by atoms with E-state index in [9.17, 15) is 40.1 Å². The summed E-state index contributed by atoms with van der Waals surface area (Å²) in [5.41, 5.74) is 4.01. The van der Waals surface area contributed by atoms with Crippen LogP contribution >= 0.6 is 0 Å². The van der Waals surface area contributed by atoms with Gasteiger partial charge in [0.15, 0.2) is 24.8 Å². The van der Waals surface area contributed by atoms with Crippen LogP contribution < -0.4 is 18.9 Å². The highest BCUT2D eigenvalue weighted by Gasteiger charge is 2.59. The molecule has 4 fully saturated rings. The molecule has 0 atom stereocenters. The lowest BCUT2D eigenvalue weighted by molar-refractivity contribution is -0.212. The first-order valence-electron chi connectivity index (χ1n) is 20.4. The lowest BCUT2D eigenvalue weighted by Gasteiger charge is -2.60. The fraction of sp³-hybridized carbons (Fsp3) is 0.319. The predicted molar refractivity (Wildman–Crippen MR) is 211 cm³/mol. The molecule has 5 aromatic carbocycles. The van der Waals surface area contributed by atoms with Gasteiger partial charge in [0, 0.05) is 23.3 Å². The van der Waals surface area contributed by atoms with Crippen LogP contribution in [0.4, 0.5) is 17.6 Å². The van der Waals surface area contributed by atoms with Crippen LogP contribution in [0.3, 0.4) is 0 Å². The molecular formula is C47H37F4O10S-. The van der Waals surface area contributed by atoms with Gasteiger partial charge in [-0.2, -0.15) is 8.78 Å². The van der Waals surface area contributed by atoms with Gasteiger partial charge in [-0.1, -0.05) is 67.6 Å². The molecule has 0 unspecified atom stereocenters. The number of carbonyl (C=O) groups is 2. The fourth-order valence-corrected chi connectivity index (χ4v) is 12.0. The van der Waals surface area contributed by atoms with E-state index in [1.165, 1.54) is 18.6 Å². The molecule has 10 nitrogen and oxygen atoms in total. The van der Waals surface area contributed by atoms with Crippen molar-refractivity contribution in [3.8, 4) is 39.9 Å². The number of hydrogen-bond donors (Lipinski definition) is 0. The third kappa shape index (κ3) is 6.09. The quantitative estimate of drug-likeness (QED) is 0.0430. The first-order chi connectivity index (χ1) is 29.7. The summed E-state index contributed by atoms with van der Waals surface area (Å²) < 4.78 is 121. The zero-order chi connectivity index (χ0) is 43.3. The molecule has 320 valence electrons. The molecular weight excluding hydrogens is 833 g/mol. The highest BCUT2D eigenvalue weighted by molar-refractivity contribution is 7.85. The number of benzene rings is 5. The monoisotopic (exact) mass is 869 g/mol. The van der Waals surface area contributed by atoms with Gasteiger partial charge in [-0.05, 0) is 96.6 Å². The van der Waals surface area contributed by atoms with Gasteiger partial charge in [0.25, 0.3) is 0 Å². The molecule has 0 aromatic heterocycles. The minimum atomic E-state index is -5.97. The van der Waals surface area contributed by atoms with E-state index in [1.54, 1.807) is 18.2 Å². The van der Waals surface area contributed by atoms with Crippen LogP contribution in [0.2, 0.25) is 0 Å². The molecule has 0 radical (unpaired) electrons. The molecule has 15 heteroatoms. The van der Waals surface area contributed by atoms with Crippen molar-refractivity contribution in [2.45, 2.75) is 61.4 Å². The van der Waals surface area contributed by atoms with Crippen molar-refractivity contribution >= 4 is 22.1 Å². The van der Waals surface area contributed by atoms with E-state index in [2.05, 4.69) is 11.7 Å². The number of hydrogen-bond acceptors (Lipinski definition) is 10. The van der Waals surface area contributed by atoms with Gasteiger partial charge in [-0.25, -0.2) is 26.8 Å². The second-order valence-corrected chi connectivity index (χ2v) is 18.1. The van der Waals surface area contributed by atoms with E-state index >= 15 is 0 Å². The van der Waals surface area contributed by atoms with Crippen LogP contribution in [0.1, 0.15) is 67.7 Å². The van der Waals surface area contributed by atoms with Crippen molar-refractivity contribution in [2.75, 3.05) is 13.2 Å². The smallest absolute Gasteiger partial charge is 0.349 e. The summed E-state index contributed by atoms with van der Waals surface area (Å²) in [7, 11) is -5.97. The summed E-state index contributed by atoms with van der Waals surface area (Å²) in [5.74, 6) is -10.5. The number of halogens is 4. The number of ether oxygens (including phenoxy) is 5. The van der Waals surface area contributed by atoms with E-state index in [1.807, 2.05) is 54.6 Å². The molecule has 11 rings (SSSR count). The lowest BCUT2D eigenvalue weighted by atomic mass is 9.49. The van der Waals surface area contributed by atoms with Crippen LogP contribution in [-0.4, -0.2) is 43.7 Å². The average molecular weight is 870 g/mol. The van der Waals surface area contributed by atoms with Crippen molar-refractivity contribution in [1.82, 2.24) is 0 Å². The van der Waals surface area contributed by atoms with Gasteiger partial charge in [-0.15, -0.1) is 0 Å². The van der Waals surface area contributed by atoms with E-state index in [0.29, 0.717) is 34.6 Å². The molecule has 0 saturated heterocycles. The summed E-state index contributed by atoms with van der Waals surface area (Å²) in [5, 5.41) is 0. The van der Waals surface area contributed by atoms with Crippen LogP contribution in [0, 0.1) is 46.9 Å². The summed E-state index contributed by atoms with van der Waals surface area (Å²) in [6.45, 7) is 0.767. The van der Waals surface area contributed by atoms with Crippen LogP contribution in [0.5, 0.6) is 28.7 Å². The fourth-order valence-electron chi connectivity index (χ4n) is 11.4. The molecule has 1 heterocycles. The Balaban J connectivity index is 0.942. The zero-order valence-electron chi connectivity index (χ0n) is 33.1. The Hall–Kier alpha value is -5.93. The summed E-state index contributed by atoms with van der Waals surface area (Å²) >= 11 is 0. The second-order valence-electron chi connectivity index (χ2n) is 16.8. The molecule has 62 heavy (non-hydrogen) atoms. The van der Waals surface area contributed by atoms with Gasteiger partial charge in [-0.3, -0.25) is 0 Å². The minimum Gasteiger partial charge on any atom is -0.744 e. The number of carbonyl (C=O) groups excluding carboxylic acids is 2. The largest absolute Gasteiger partial charge is 0.744 e. The maximum Gasteiger partial charge on any atom is 0.349 e. The molecule has 1 aliphatic heterocycles. The Bertz CT molecular complexity index is 2720. The van der Waals surface area contributed by atoms with Gasteiger partial charge >= 0.3 is 11.9 Å². The highest BCUT2D eigenvalue weighted by Crippen LogP contribution is 2.63. The average Bonchev–Trinajstić information content (AvgIpc) is 3.54. The van der Waals surface area contributed by atoms with Crippen molar-refractivity contribution in [1.29, 1.82) is 0 Å². The number of esters is 2. The first kappa shape index (κ1) is 40.2. The molecule has 4 bridgehead atoms. The molecule has 1 spiro atoms. The highest BCUT2D eigenvalue weighted by atomic mass is 32.2. The Kier molecular flexibility index (Phi) is 9.45. The number of fused-ring (bicyclic) bond motifs is 9. The van der Waals surface area contributed by atoms with E-state index in [0.717, 1.165) is 71.8 Å². The lowest BCUT2D eigenvalue weighted by Crippen LogP contribution is -2.59. The van der Waals surface area contributed by atoms with Crippen LogP contribution in [-0.2, 0) is 29.9 Å². The molecule has 0 amide bonds. The standard InChI is InChI=1S/C47H38F4O10S/c1-2-46(26-16-24-15-25(18-26)19-27(46)17-24)61-39(53)23-58-29-12-14-35-37(21-29)59-36-20-28(57-22-38(52)60-44-40(48)42(50)45(62(54,55)56)43(51)41(44)49)11-13-34(36)47(35)32-9-5-3-7-30(32)31-8-4-6-10-33(31)47/h3-14,20-21,24-27H,2,15-19,22-23H2,1H3,(H,54,55,56)/p-1. The van der Waals surface area contributed by atoms with Gasteiger partial charge < -0.3 is 28.2 Å². The molecule has 5 aliphatic carbocycles. The SMILES string of the molecule is CCC1(OC(=O)COc2ccc3c(c2)Oc2cc(OCC(=O)Oc4c(F)c(F)c(S(=O)(=O)[O-])c(F)c4F)ccc2C32c3ccccc3-c3ccccc32)C2CC3CC(C2)CC1C3. The zero-order valence-corrected chi connectivity index (χ0v) is 33.9.